The maximum Gasteiger partial charge on any atom is 0.254 e. The van der Waals surface area contributed by atoms with Crippen LogP contribution in [-0.2, 0) is 4.74 Å². The van der Waals surface area contributed by atoms with Crippen LogP contribution in [0.15, 0.2) is 0 Å². The first-order chi connectivity index (χ1) is 8.64. The Morgan fingerprint density at radius 3 is 2.67 bits per heavy atom. The molecule has 1 rings (SSSR count). The van der Waals surface area contributed by atoms with Crippen molar-refractivity contribution in [3.63, 3.8) is 0 Å². The third-order valence-electron chi connectivity index (χ3n) is 4.40. The summed E-state index contributed by atoms with van der Waals surface area (Å²) in [6.45, 7) is 4.51. The van der Waals surface area contributed by atoms with E-state index in [1.807, 2.05) is 0 Å². The van der Waals surface area contributed by atoms with Crippen LogP contribution < -0.4 is 5.73 Å². The highest BCUT2D eigenvalue weighted by atomic mass is 32.1. The van der Waals surface area contributed by atoms with Gasteiger partial charge in [0.25, 0.3) is 5.17 Å². The van der Waals surface area contributed by atoms with Crippen molar-refractivity contribution in [3.05, 3.63) is 0 Å². The molecule has 1 aliphatic carbocycles. The molecule has 1 aliphatic rings. The molecule has 0 aliphatic heterocycles. The van der Waals surface area contributed by atoms with Gasteiger partial charge in [0.15, 0.2) is 0 Å². The lowest BCUT2D eigenvalue weighted by Gasteiger charge is -2.43. The number of hydrogen-bond donors (Lipinski definition) is 1. The van der Waals surface area contributed by atoms with E-state index in [0.717, 1.165) is 12.8 Å². The highest BCUT2D eigenvalue weighted by Gasteiger charge is 2.41. The molecule has 2 unspecified atom stereocenters. The van der Waals surface area contributed by atoms with Crippen LogP contribution in [0.1, 0.15) is 78.1 Å². The standard InChI is InChI=1S/C15H29NOS/c1-3-5-6-8-11-15(17-14(16)18)12-9-7-10-13(15)4-2/h13H,3-12H2,1-2H3,(H2,16,18). The summed E-state index contributed by atoms with van der Waals surface area (Å²) in [5.74, 6) is 0.634. The minimum absolute atomic E-state index is 0.0490. The highest BCUT2D eigenvalue weighted by molar-refractivity contribution is 7.80. The fourth-order valence-electron chi connectivity index (χ4n) is 3.42. The molecular weight excluding hydrogens is 242 g/mol. The van der Waals surface area contributed by atoms with Gasteiger partial charge >= 0.3 is 0 Å². The molecule has 0 amide bonds. The number of rotatable bonds is 7. The van der Waals surface area contributed by atoms with Gasteiger partial charge in [-0.3, -0.25) is 0 Å². The molecule has 2 atom stereocenters. The van der Waals surface area contributed by atoms with Crippen LogP contribution in [0, 0.1) is 5.92 Å². The molecule has 106 valence electrons. The van der Waals surface area contributed by atoms with Crippen LogP contribution in [0.2, 0.25) is 0 Å². The fraction of sp³-hybridized carbons (Fsp3) is 0.933. The summed E-state index contributed by atoms with van der Waals surface area (Å²) in [6, 6.07) is 0. The van der Waals surface area contributed by atoms with Gasteiger partial charge in [0.2, 0.25) is 0 Å². The van der Waals surface area contributed by atoms with E-state index in [1.165, 1.54) is 51.4 Å². The third kappa shape index (κ3) is 4.42. The number of thiocarbonyl (C=S) groups is 1. The molecule has 2 nitrogen and oxygen atoms in total. The number of hydrogen-bond acceptors (Lipinski definition) is 2. The Morgan fingerprint density at radius 1 is 1.28 bits per heavy atom. The minimum Gasteiger partial charge on any atom is -0.464 e. The topological polar surface area (TPSA) is 35.2 Å². The molecule has 0 bridgehead atoms. The second-order valence-electron chi connectivity index (χ2n) is 5.65. The van der Waals surface area contributed by atoms with Crippen LogP contribution in [-0.4, -0.2) is 10.8 Å². The first kappa shape index (κ1) is 15.7. The van der Waals surface area contributed by atoms with Crippen molar-refractivity contribution in [2.45, 2.75) is 83.7 Å². The van der Waals surface area contributed by atoms with Gasteiger partial charge in [0.05, 0.1) is 0 Å². The van der Waals surface area contributed by atoms with Crippen LogP contribution >= 0.6 is 12.2 Å². The largest absolute Gasteiger partial charge is 0.464 e. The Hall–Kier alpha value is -0.310. The molecule has 1 fully saturated rings. The van der Waals surface area contributed by atoms with E-state index in [-0.39, 0.29) is 10.8 Å². The average Bonchev–Trinajstić information content (AvgIpc) is 2.34. The first-order valence-corrected chi connectivity index (χ1v) is 8.04. The summed E-state index contributed by atoms with van der Waals surface area (Å²) in [6.07, 6.45) is 12.4. The quantitative estimate of drug-likeness (QED) is 0.545. The van der Waals surface area contributed by atoms with E-state index in [0.29, 0.717) is 5.92 Å². The summed E-state index contributed by atoms with van der Waals surface area (Å²) in [5, 5.41) is 0.242. The Kier molecular flexibility index (Phi) is 6.98. The van der Waals surface area contributed by atoms with Gasteiger partial charge < -0.3 is 10.5 Å². The molecule has 0 saturated heterocycles. The molecule has 0 aromatic heterocycles. The SMILES string of the molecule is CCCCCCC1(OC(N)=S)CCCCC1CC. The van der Waals surface area contributed by atoms with Crippen LogP contribution in [0.5, 0.6) is 0 Å². The minimum atomic E-state index is -0.0490. The Bertz CT molecular complexity index is 257. The maximum atomic E-state index is 5.97. The van der Waals surface area contributed by atoms with Gasteiger partial charge in [-0.05, 0) is 56.7 Å². The molecule has 0 radical (unpaired) electrons. The molecule has 1 saturated carbocycles. The molecule has 0 aromatic carbocycles. The van der Waals surface area contributed by atoms with Crippen molar-refractivity contribution in [3.8, 4) is 0 Å². The lowest BCUT2D eigenvalue weighted by molar-refractivity contribution is -0.0437. The lowest BCUT2D eigenvalue weighted by Crippen LogP contribution is -2.45. The van der Waals surface area contributed by atoms with Crippen LogP contribution in [0.25, 0.3) is 0 Å². The van der Waals surface area contributed by atoms with Crippen molar-refractivity contribution in [1.82, 2.24) is 0 Å². The second kappa shape index (κ2) is 7.98. The molecule has 0 spiro atoms. The van der Waals surface area contributed by atoms with Gasteiger partial charge in [0, 0.05) is 0 Å². The molecular formula is C15H29NOS. The zero-order chi connectivity index (χ0) is 13.4. The number of nitrogens with two attached hydrogens (primary N) is 1. The predicted molar refractivity (Wildman–Crippen MR) is 81.6 cm³/mol. The predicted octanol–water partition coefficient (Wildman–Crippen LogP) is 4.56. The fourth-order valence-corrected chi connectivity index (χ4v) is 3.59. The monoisotopic (exact) mass is 271 g/mol. The van der Waals surface area contributed by atoms with Crippen molar-refractivity contribution < 1.29 is 4.74 Å². The zero-order valence-electron chi connectivity index (χ0n) is 12.0. The average molecular weight is 271 g/mol. The number of unbranched alkanes of at least 4 members (excludes halogenated alkanes) is 3. The molecule has 2 N–H and O–H groups in total. The maximum absolute atomic E-state index is 5.97. The summed E-state index contributed by atoms with van der Waals surface area (Å²) in [4.78, 5) is 0. The van der Waals surface area contributed by atoms with Crippen molar-refractivity contribution in [2.24, 2.45) is 11.7 Å². The second-order valence-corrected chi connectivity index (χ2v) is 6.05. The Labute approximate surface area is 118 Å². The highest BCUT2D eigenvalue weighted by Crippen LogP contribution is 2.42. The molecule has 0 heterocycles. The van der Waals surface area contributed by atoms with E-state index in [9.17, 15) is 0 Å². The van der Waals surface area contributed by atoms with Crippen molar-refractivity contribution in [2.75, 3.05) is 0 Å². The van der Waals surface area contributed by atoms with E-state index in [4.69, 9.17) is 22.7 Å². The van der Waals surface area contributed by atoms with E-state index < -0.39 is 0 Å². The third-order valence-corrected chi connectivity index (χ3v) is 4.48. The van der Waals surface area contributed by atoms with Crippen LogP contribution in [0.4, 0.5) is 0 Å². The van der Waals surface area contributed by atoms with E-state index in [1.54, 1.807) is 0 Å². The van der Waals surface area contributed by atoms with E-state index in [2.05, 4.69) is 13.8 Å². The van der Waals surface area contributed by atoms with Crippen molar-refractivity contribution in [1.29, 1.82) is 0 Å². The smallest absolute Gasteiger partial charge is 0.254 e. The van der Waals surface area contributed by atoms with Gasteiger partial charge in [-0.15, -0.1) is 0 Å². The zero-order valence-corrected chi connectivity index (χ0v) is 12.9. The van der Waals surface area contributed by atoms with Gasteiger partial charge in [-0.2, -0.15) is 0 Å². The molecule has 3 heteroatoms. The van der Waals surface area contributed by atoms with E-state index >= 15 is 0 Å². The molecule has 18 heavy (non-hydrogen) atoms. The number of ether oxygens (including phenoxy) is 1. The van der Waals surface area contributed by atoms with Crippen LogP contribution in [0.3, 0.4) is 0 Å². The van der Waals surface area contributed by atoms with Crippen molar-refractivity contribution >= 4 is 17.4 Å². The first-order valence-electron chi connectivity index (χ1n) is 7.63. The lowest BCUT2D eigenvalue weighted by atomic mass is 9.71. The summed E-state index contributed by atoms with van der Waals surface area (Å²) >= 11 is 5.01. The summed E-state index contributed by atoms with van der Waals surface area (Å²) < 4.78 is 5.97. The van der Waals surface area contributed by atoms with Gasteiger partial charge in [-0.1, -0.05) is 39.5 Å². The van der Waals surface area contributed by atoms with Gasteiger partial charge in [0.1, 0.15) is 5.60 Å². The Morgan fingerprint density at radius 2 is 2.06 bits per heavy atom. The summed E-state index contributed by atoms with van der Waals surface area (Å²) in [5.41, 5.74) is 5.62. The molecule has 0 aromatic rings. The van der Waals surface area contributed by atoms with Gasteiger partial charge in [-0.25, -0.2) is 0 Å². The Balaban J connectivity index is 2.63. The summed E-state index contributed by atoms with van der Waals surface area (Å²) in [7, 11) is 0. The normalized spacial score (nSPS) is 28.0.